The predicted molar refractivity (Wildman–Crippen MR) is 291 cm³/mol. The first-order valence-electron chi connectivity index (χ1n) is 23.9. The molecule has 0 unspecified atom stereocenters. The van der Waals surface area contributed by atoms with E-state index < -0.39 is 0 Å². The maximum Gasteiger partial charge on any atom is 0.0541 e. The molecule has 69 heavy (non-hydrogen) atoms. The van der Waals surface area contributed by atoms with E-state index in [9.17, 15) is 0 Å². The van der Waals surface area contributed by atoms with Gasteiger partial charge in [0, 0.05) is 38.8 Å². The fraction of sp³-hybridized carbons (Fsp3) is 0.0149. The molecule has 0 amide bonds. The third-order valence-corrected chi connectivity index (χ3v) is 14.1. The highest BCUT2D eigenvalue weighted by molar-refractivity contribution is 6.12. The van der Waals surface area contributed by atoms with Gasteiger partial charge in [0.1, 0.15) is 0 Å². The number of hydrogen-bond acceptors (Lipinski definition) is 0. The monoisotopic (exact) mass is 878 g/mol. The minimum absolute atomic E-state index is 0.0564. The molecule has 2 nitrogen and oxygen atoms in total. The fourth-order valence-electron chi connectivity index (χ4n) is 10.7. The van der Waals surface area contributed by atoms with Crippen LogP contribution in [-0.2, 0) is 0 Å². The van der Waals surface area contributed by atoms with Gasteiger partial charge in [-0.1, -0.05) is 212 Å². The average Bonchev–Trinajstić information content (AvgIpc) is 3.94. The van der Waals surface area contributed by atoms with Crippen molar-refractivity contribution in [1.29, 1.82) is 0 Å². The molecular formula is C67H46N2. The largest absolute Gasteiger partial charge is 0.309 e. The van der Waals surface area contributed by atoms with Crippen LogP contribution in [0.5, 0.6) is 0 Å². The minimum Gasteiger partial charge on any atom is -0.309 e. The van der Waals surface area contributed by atoms with Gasteiger partial charge in [0.05, 0.1) is 22.1 Å². The Balaban J connectivity index is 0.868. The second kappa shape index (κ2) is 17.0. The zero-order valence-corrected chi connectivity index (χ0v) is 38.0. The van der Waals surface area contributed by atoms with Crippen LogP contribution in [-0.4, -0.2) is 9.13 Å². The molecule has 2 aromatic heterocycles. The van der Waals surface area contributed by atoms with E-state index in [2.05, 4.69) is 282 Å². The summed E-state index contributed by atoms with van der Waals surface area (Å²) in [7, 11) is 0. The maximum absolute atomic E-state index is 2.43. The van der Waals surface area contributed by atoms with Gasteiger partial charge in [-0.2, -0.15) is 0 Å². The lowest BCUT2D eigenvalue weighted by atomic mass is 9.84. The number of para-hydroxylation sites is 2. The van der Waals surface area contributed by atoms with Crippen molar-refractivity contribution in [3.63, 3.8) is 0 Å². The predicted octanol–water partition coefficient (Wildman–Crippen LogP) is 17.7. The Kier molecular flexibility index (Phi) is 9.95. The molecule has 11 aromatic carbocycles. The summed E-state index contributed by atoms with van der Waals surface area (Å²) >= 11 is 0. The highest BCUT2D eigenvalue weighted by Crippen LogP contribution is 2.40. The van der Waals surface area contributed by atoms with E-state index in [1.165, 1.54) is 105 Å². The molecule has 0 saturated heterocycles. The molecule has 324 valence electrons. The van der Waals surface area contributed by atoms with Crippen molar-refractivity contribution < 1.29 is 0 Å². The lowest BCUT2D eigenvalue weighted by Gasteiger charge is -2.21. The van der Waals surface area contributed by atoms with Crippen molar-refractivity contribution in [2.75, 3.05) is 0 Å². The quantitative estimate of drug-likeness (QED) is 0.128. The molecule has 0 saturated carbocycles. The first-order chi connectivity index (χ1) is 34.2. The molecule has 2 heteroatoms. The van der Waals surface area contributed by atoms with Crippen LogP contribution in [0.3, 0.4) is 0 Å². The standard InChI is InChI=1S/C67H46N2/c1-4-14-46(15-5-1)49-24-28-52(29-25-49)67(53-30-26-50(27-31-53)47-16-6-2-7-17-47)54-34-40-58(41-35-54)69-64-23-13-11-21-60(64)62-45-56(37-43-66(62)69)55-36-42-65-61(44-55)59-20-10-12-22-63(59)68(65)57-38-32-51(33-39-57)48-18-8-3-9-19-48/h1-45,67H. The van der Waals surface area contributed by atoms with Crippen molar-refractivity contribution >= 4 is 43.6 Å². The molecule has 0 aliphatic rings. The zero-order chi connectivity index (χ0) is 45.7. The Morgan fingerprint density at radius 2 is 0.478 bits per heavy atom. The van der Waals surface area contributed by atoms with Gasteiger partial charge < -0.3 is 9.13 Å². The zero-order valence-electron chi connectivity index (χ0n) is 38.0. The van der Waals surface area contributed by atoms with E-state index in [4.69, 9.17) is 0 Å². The summed E-state index contributed by atoms with van der Waals surface area (Å²) in [5, 5.41) is 4.97. The second-order valence-electron chi connectivity index (χ2n) is 18.1. The van der Waals surface area contributed by atoms with Crippen LogP contribution in [0.25, 0.3) is 99.5 Å². The van der Waals surface area contributed by atoms with Crippen LogP contribution in [0.15, 0.2) is 273 Å². The van der Waals surface area contributed by atoms with E-state index in [1.54, 1.807) is 0 Å². The Hall–Kier alpha value is -8.98. The number of aromatic nitrogens is 2. The van der Waals surface area contributed by atoms with Crippen molar-refractivity contribution in [3.05, 3.63) is 290 Å². The van der Waals surface area contributed by atoms with Gasteiger partial charge in [-0.3, -0.25) is 0 Å². The van der Waals surface area contributed by atoms with E-state index in [0.29, 0.717) is 0 Å². The van der Waals surface area contributed by atoms with Crippen LogP contribution >= 0.6 is 0 Å². The molecule has 13 rings (SSSR count). The van der Waals surface area contributed by atoms with Gasteiger partial charge in [0.15, 0.2) is 0 Å². The van der Waals surface area contributed by atoms with Crippen molar-refractivity contribution in [1.82, 2.24) is 9.13 Å². The van der Waals surface area contributed by atoms with Gasteiger partial charge in [-0.15, -0.1) is 0 Å². The van der Waals surface area contributed by atoms with Crippen LogP contribution in [0.4, 0.5) is 0 Å². The number of rotatable bonds is 9. The van der Waals surface area contributed by atoms with E-state index in [0.717, 1.165) is 11.4 Å². The highest BCUT2D eigenvalue weighted by atomic mass is 15.0. The third kappa shape index (κ3) is 7.22. The molecule has 0 aliphatic carbocycles. The number of nitrogens with zero attached hydrogens (tertiary/aromatic N) is 2. The smallest absolute Gasteiger partial charge is 0.0541 e. The molecule has 0 fully saturated rings. The van der Waals surface area contributed by atoms with Gasteiger partial charge in [0.2, 0.25) is 0 Å². The average molecular weight is 879 g/mol. The van der Waals surface area contributed by atoms with Gasteiger partial charge in [-0.25, -0.2) is 0 Å². The summed E-state index contributed by atoms with van der Waals surface area (Å²) in [6, 6.07) is 99.9. The Morgan fingerprint density at radius 1 is 0.203 bits per heavy atom. The van der Waals surface area contributed by atoms with E-state index in [1.807, 2.05) is 0 Å². The van der Waals surface area contributed by atoms with Crippen LogP contribution in [0.1, 0.15) is 22.6 Å². The summed E-state index contributed by atoms with van der Waals surface area (Å²) in [6.45, 7) is 0. The lowest BCUT2D eigenvalue weighted by molar-refractivity contribution is 0.975. The summed E-state index contributed by atoms with van der Waals surface area (Å²) in [5.41, 5.74) is 20.6. The van der Waals surface area contributed by atoms with Gasteiger partial charge in [-0.05, 0) is 122 Å². The molecular weight excluding hydrogens is 833 g/mol. The van der Waals surface area contributed by atoms with Crippen molar-refractivity contribution in [3.8, 4) is 55.9 Å². The van der Waals surface area contributed by atoms with Gasteiger partial charge >= 0.3 is 0 Å². The van der Waals surface area contributed by atoms with Crippen molar-refractivity contribution in [2.45, 2.75) is 5.92 Å². The topological polar surface area (TPSA) is 9.86 Å². The minimum atomic E-state index is 0.0564. The summed E-state index contributed by atoms with van der Waals surface area (Å²) < 4.78 is 4.83. The molecule has 0 spiro atoms. The summed E-state index contributed by atoms with van der Waals surface area (Å²) in [5.74, 6) is 0.0564. The molecule has 0 bridgehead atoms. The highest BCUT2D eigenvalue weighted by Gasteiger charge is 2.20. The Bertz CT molecular complexity index is 3860. The molecule has 0 aliphatic heterocycles. The Labute approximate surface area is 402 Å². The Morgan fingerprint density at radius 3 is 0.870 bits per heavy atom. The van der Waals surface area contributed by atoms with E-state index >= 15 is 0 Å². The SMILES string of the molecule is c1ccc(-c2ccc(C(c3ccc(-c4ccccc4)cc3)c3ccc(-n4c5ccccc5c5cc(-c6ccc7c(c6)c6ccccc6n7-c6ccc(-c7ccccc7)cc6)ccc54)cc3)cc2)cc1. The molecule has 0 radical (unpaired) electrons. The van der Waals surface area contributed by atoms with E-state index in [-0.39, 0.29) is 5.92 Å². The fourth-order valence-corrected chi connectivity index (χ4v) is 10.7. The summed E-state index contributed by atoms with van der Waals surface area (Å²) in [4.78, 5) is 0. The first kappa shape index (κ1) is 40.3. The number of benzene rings is 11. The lowest BCUT2D eigenvalue weighted by Crippen LogP contribution is -2.04. The van der Waals surface area contributed by atoms with Gasteiger partial charge in [0.25, 0.3) is 0 Å². The van der Waals surface area contributed by atoms with Crippen LogP contribution < -0.4 is 0 Å². The second-order valence-corrected chi connectivity index (χ2v) is 18.1. The molecule has 0 N–H and O–H groups in total. The normalized spacial score (nSPS) is 11.6. The third-order valence-electron chi connectivity index (χ3n) is 14.1. The van der Waals surface area contributed by atoms with Crippen LogP contribution in [0.2, 0.25) is 0 Å². The van der Waals surface area contributed by atoms with Crippen LogP contribution in [0, 0.1) is 0 Å². The molecule has 0 atom stereocenters. The number of hydrogen-bond donors (Lipinski definition) is 0. The first-order valence-corrected chi connectivity index (χ1v) is 23.9. The summed E-state index contributed by atoms with van der Waals surface area (Å²) in [6.07, 6.45) is 0. The molecule has 2 heterocycles. The molecule has 13 aromatic rings. The maximum atomic E-state index is 2.43. The van der Waals surface area contributed by atoms with Crippen molar-refractivity contribution in [2.24, 2.45) is 0 Å². The number of fused-ring (bicyclic) bond motifs is 6.